The van der Waals surface area contributed by atoms with Crippen LogP contribution < -0.4 is 0 Å². The molecule has 0 aromatic carbocycles. The van der Waals surface area contributed by atoms with Gasteiger partial charge in [0.15, 0.2) is 0 Å². The minimum Gasteiger partial charge on any atom is -0.481 e. The Bertz CT molecular complexity index is 270. The van der Waals surface area contributed by atoms with Gasteiger partial charge in [0.05, 0.1) is 12.5 Å². The van der Waals surface area contributed by atoms with E-state index in [1.807, 2.05) is 4.90 Å². The lowest BCUT2D eigenvalue weighted by atomic mass is 10.0. The molecule has 7 heteroatoms. The molecule has 100 valence electrons. The summed E-state index contributed by atoms with van der Waals surface area (Å²) in [6.07, 6.45) is -3.77. The van der Waals surface area contributed by atoms with Gasteiger partial charge in [-0.25, -0.2) is 0 Å². The van der Waals surface area contributed by atoms with Crippen molar-refractivity contribution in [1.82, 2.24) is 4.90 Å². The zero-order chi connectivity index (χ0) is 13.1. The van der Waals surface area contributed by atoms with Gasteiger partial charge in [-0.2, -0.15) is 13.2 Å². The lowest BCUT2D eigenvalue weighted by Crippen LogP contribution is -2.35. The maximum absolute atomic E-state index is 11.8. The van der Waals surface area contributed by atoms with Gasteiger partial charge in [-0.1, -0.05) is 0 Å². The first kappa shape index (κ1) is 14.2. The van der Waals surface area contributed by atoms with Crippen LogP contribution in [0.25, 0.3) is 0 Å². The van der Waals surface area contributed by atoms with E-state index in [9.17, 15) is 18.0 Å². The van der Waals surface area contributed by atoms with Gasteiger partial charge in [0.25, 0.3) is 0 Å². The minimum absolute atomic E-state index is 0.0316. The number of ether oxygens (including phenoxy) is 1. The smallest absolute Gasteiger partial charge is 0.411 e. The van der Waals surface area contributed by atoms with Crippen LogP contribution in [-0.2, 0) is 9.53 Å². The number of likely N-dealkylation sites (tertiary alicyclic amines) is 1. The molecule has 0 spiro atoms. The average molecular weight is 255 g/mol. The third-order valence-electron chi connectivity index (χ3n) is 2.99. The summed E-state index contributed by atoms with van der Waals surface area (Å²) in [5.74, 6) is -1.28. The summed E-state index contributed by atoms with van der Waals surface area (Å²) in [6, 6.07) is -0.151. The third-order valence-corrected chi connectivity index (χ3v) is 2.99. The van der Waals surface area contributed by atoms with Crippen LogP contribution in [0.4, 0.5) is 13.2 Å². The molecular formula is C10H16F3NO3. The van der Waals surface area contributed by atoms with E-state index in [1.54, 1.807) is 6.92 Å². The molecule has 1 heterocycles. The van der Waals surface area contributed by atoms with Gasteiger partial charge >= 0.3 is 12.1 Å². The van der Waals surface area contributed by atoms with Gasteiger partial charge < -0.3 is 9.84 Å². The second-order valence-corrected chi connectivity index (χ2v) is 4.18. The maximum atomic E-state index is 11.8. The molecule has 2 unspecified atom stereocenters. The predicted octanol–water partition coefficient (Wildman–Crippen LogP) is 1.36. The number of hydrogen-bond acceptors (Lipinski definition) is 3. The van der Waals surface area contributed by atoms with Crippen LogP contribution in [0.1, 0.15) is 13.3 Å². The summed E-state index contributed by atoms with van der Waals surface area (Å²) in [5, 5.41) is 8.87. The Labute approximate surface area is 97.3 Å². The Morgan fingerprint density at radius 1 is 1.53 bits per heavy atom. The Morgan fingerprint density at radius 2 is 2.18 bits per heavy atom. The van der Waals surface area contributed by atoms with E-state index in [4.69, 9.17) is 5.11 Å². The van der Waals surface area contributed by atoms with Gasteiger partial charge in [0.2, 0.25) is 0 Å². The Kier molecular flexibility index (Phi) is 4.76. The number of carboxylic acids is 1. The standard InChI is InChI=1S/C10H16F3NO3/c1-7-8(9(15)16)2-3-14(7)4-5-17-6-10(11,12)13/h7-8H,2-6H2,1H3,(H,15,16). The topological polar surface area (TPSA) is 49.8 Å². The fraction of sp³-hybridized carbons (Fsp3) is 0.900. The summed E-state index contributed by atoms with van der Waals surface area (Å²) in [4.78, 5) is 12.7. The fourth-order valence-electron chi connectivity index (χ4n) is 2.02. The molecule has 1 rings (SSSR count). The van der Waals surface area contributed by atoms with Crippen molar-refractivity contribution in [1.29, 1.82) is 0 Å². The zero-order valence-electron chi connectivity index (χ0n) is 9.54. The molecule has 0 bridgehead atoms. The number of aliphatic carboxylic acids is 1. The van der Waals surface area contributed by atoms with Crippen molar-refractivity contribution >= 4 is 5.97 Å². The molecule has 0 saturated carbocycles. The monoisotopic (exact) mass is 255 g/mol. The average Bonchev–Trinajstić information content (AvgIpc) is 2.53. The van der Waals surface area contributed by atoms with Gasteiger partial charge in [-0.3, -0.25) is 9.69 Å². The molecule has 0 aromatic heterocycles. The van der Waals surface area contributed by atoms with Crippen LogP contribution in [0.2, 0.25) is 0 Å². The van der Waals surface area contributed by atoms with Crippen LogP contribution in [-0.4, -0.2) is 54.5 Å². The van der Waals surface area contributed by atoms with E-state index in [0.29, 0.717) is 19.5 Å². The summed E-state index contributed by atoms with van der Waals surface area (Å²) < 4.78 is 39.8. The van der Waals surface area contributed by atoms with Gasteiger partial charge in [-0.05, 0) is 19.9 Å². The van der Waals surface area contributed by atoms with E-state index < -0.39 is 24.7 Å². The molecule has 17 heavy (non-hydrogen) atoms. The van der Waals surface area contributed by atoms with E-state index in [2.05, 4.69) is 4.74 Å². The van der Waals surface area contributed by atoms with E-state index in [1.165, 1.54) is 0 Å². The normalized spacial score (nSPS) is 26.4. The highest BCUT2D eigenvalue weighted by Gasteiger charge is 2.35. The molecule has 2 atom stereocenters. The molecule has 0 radical (unpaired) electrons. The predicted molar refractivity (Wildman–Crippen MR) is 53.7 cm³/mol. The molecule has 1 N–H and O–H groups in total. The van der Waals surface area contributed by atoms with Gasteiger partial charge in [0.1, 0.15) is 6.61 Å². The first-order valence-electron chi connectivity index (χ1n) is 5.42. The van der Waals surface area contributed by atoms with E-state index >= 15 is 0 Å². The highest BCUT2D eigenvalue weighted by Crippen LogP contribution is 2.23. The van der Waals surface area contributed by atoms with Crippen molar-refractivity contribution < 1.29 is 27.8 Å². The lowest BCUT2D eigenvalue weighted by Gasteiger charge is -2.22. The van der Waals surface area contributed by atoms with Gasteiger partial charge in [-0.15, -0.1) is 0 Å². The Hall–Kier alpha value is -0.820. The highest BCUT2D eigenvalue weighted by molar-refractivity contribution is 5.71. The Balaban J connectivity index is 2.23. The number of rotatable bonds is 5. The minimum atomic E-state index is -4.31. The number of carbonyl (C=O) groups is 1. The van der Waals surface area contributed by atoms with Crippen LogP contribution in [0.5, 0.6) is 0 Å². The number of carboxylic acid groups (broad SMARTS) is 1. The molecule has 1 saturated heterocycles. The quantitative estimate of drug-likeness (QED) is 0.754. The molecule has 1 aliphatic rings. The van der Waals surface area contributed by atoms with Crippen LogP contribution >= 0.6 is 0 Å². The van der Waals surface area contributed by atoms with Crippen molar-refractivity contribution in [3.05, 3.63) is 0 Å². The van der Waals surface area contributed by atoms with Crippen molar-refractivity contribution in [2.75, 3.05) is 26.3 Å². The number of hydrogen-bond donors (Lipinski definition) is 1. The SMILES string of the molecule is CC1C(C(=O)O)CCN1CCOCC(F)(F)F. The first-order chi connectivity index (χ1) is 7.81. The van der Waals surface area contributed by atoms with Crippen molar-refractivity contribution in [3.63, 3.8) is 0 Å². The second kappa shape index (κ2) is 5.68. The van der Waals surface area contributed by atoms with Crippen LogP contribution in [0.15, 0.2) is 0 Å². The summed E-state index contributed by atoms with van der Waals surface area (Å²) in [6.45, 7) is 1.41. The lowest BCUT2D eigenvalue weighted by molar-refractivity contribution is -0.174. The Morgan fingerprint density at radius 3 is 2.65 bits per heavy atom. The summed E-state index contributed by atoms with van der Waals surface area (Å²) >= 11 is 0. The number of nitrogens with zero attached hydrogens (tertiary/aromatic N) is 1. The molecule has 0 amide bonds. The molecule has 1 aliphatic heterocycles. The second-order valence-electron chi connectivity index (χ2n) is 4.18. The van der Waals surface area contributed by atoms with Crippen molar-refractivity contribution in [2.45, 2.75) is 25.6 Å². The fourth-order valence-corrected chi connectivity index (χ4v) is 2.02. The summed E-state index contributed by atoms with van der Waals surface area (Å²) in [5.41, 5.74) is 0. The molecule has 0 aliphatic carbocycles. The largest absolute Gasteiger partial charge is 0.481 e. The van der Waals surface area contributed by atoms with Crippen molar-refractivity contribution in [2.24, 2.45) is 5.92 Å². The van der Waals surface area contributed by atoms with Gasteiger partial charge in [0, 0.05) is 12.6 Å². The number of halogens is 3. The van der Waals surface area contributed by atoms with Crippen LogP contribution in [0, 0.1) is 5.92 Å². The van der Waals surface area contributed by atoms with Crippen LogP contribution in [0.3, 0.4) is 0 Å². The molecule has 1 fully saturated rings. The van der Waals surface area contributed by atoms with E-state index in [-0.39, 0.29) is 12.6 Å². The first-order valence-corrected chi connectivity index (χ1v) is 5.42. The number of alkyl halides is 3. The highest BCUT2D eigenvalue weighted by atomic mass is 19.4. The van der Waals surface area contributed by atoms with E-state index in [0.717, 1.165) is 0 Å². The van der Waals surface area contributed by atoms with Crippen molar-refractivity contribution in [3.8, 4) is 0 Å². The third kappa shape index (κ3) is 4.51. The summed E-state index contributed by atoms with van der Waals surface area (Å²) in [7, 11) is 0. The molecule has 0 aromatic rings. The maximum Gasteiger partial charge on any atom is 0.411 e. The molecular weight excluding hydrogens is 239 g/mol. The molecule has 4 nitrogen and oxygen atoms in total. The zero-order valence-corrected chi connectivity index (χ0v) is 9.54.